The summed E-state index contributed by atoms with van der Waals surface area (Å²) in [4.78, 5) is 3.83. The normalized spacial score (nSPS) is 11.8. The molecule has 0 saturated carbocycles. The Balaban J connectivity index is 3.01. The van der Waals surface area contributed by atoms with Gasteiger partial charge in [0.1, 0.15) is 4.90 Å². The predicted octanol–water partition coefficient (Wildman–Crippen LogP) is 0.287. The van der Waals surface area contributed by atoms with E-state index in [1.807, 2.05) is 0 Å². The molecule has 1 aromatic rings. The molecule has 0 aliphatic carbocycles. The van der Waals surface area contributed by atoms with Gasteiger partial charge in [-0.25, -0.2) is 19.2 Å². The fourth-order valence-electron chi connectivity index (χ4n) is 1.19. The summed E-state index contributed by atoms with van der Waals surface area (Å²) in [5, 5.41) is 0.138. The van der Waals surface area contributed by atoms with Crippen molar-refractivity contribution in [1.29, 1.82) is 0 Å². The highest BCUT2D eigenvalue weighted by Gasteiger charge is 2.21. The molecule has 1 heterocycles. The molecule has 0 unspecified atom stereocenters. The van der Waals surface area contributed by atoms with Gasteiger partial charge in [-0.1, -0.05) is 11.6 Å². The first-order chi connectivity index (χ1) is 8.43. The minimum absolute atomic E-state index is 0.00473. The van der Waals surface area contributed by atoms with E-state index < -0.39 is 10.0 Å². The van der Waals surface area contributed by atoms with Crippen molar-refractivity contribution in [1.82, 2.24) is 9.29 Å². The van der Waals surface area contributed by atoms with Gasteiger partial charge in [-0.15, -0.1) is 0 Å². The molecule has 0 radical (unpaired) electrons. The number of likely N-dealkylation sites (N-methyl/N-ethyl adjacent to an activating group) is 1. The Bertz CT molecular complexity index is 509. The van der Waals surface area contributed by atoms with Gasteiger partial charge in [-0.2, -0.15) is 4.31 Å². The molecule has 0 spiro atoms. The van der Waals surface area contributed by atoms with Gasteiger partial charge < -0.3 is 10.2 Å². The van der Waals surface area contributed by atoms with Crippen LogP contribution in [0.1, 0.15) is 0 Å². The van der Waals surface area contributed by atoms with Gasteiger partial charge in [0.2, 0.25) is 10.0 Å². The van der Waals surface area contributed by atoms with E-state index in [2.05, 4.69) is 10.4 Å². The highest BCUT2D eigenvalue weighted by atomic mass is 35.5. The van der Waals surface area contributed by atoms with E-state index >= 15 is 0 Å². The number of hydrazine groups is 1. The van der Waals surface area contributed by atoms with Crippen molar-refractivity contribution in [3.63, 3.8) is 0 Å². The minimum Gasteiger partial charge on any atom is -0.383 e. The molecule has 0 amide bonds. The first-order valence-electron chi connectivity index (χ1n) is 5.01. The summed E-state index contributed by atoms with van der Waals surface area (Å²) in [6.45, 7) is 0.548. The topological polar surface area (TPSA) is 97.5 Å². The van der Waals surface area contributed by atoms with Crippen molar-refractivity contribution in [3.8, 4) is 0 Å². The number of ether oxygens (including phenoxy) is 1. The van der Waals surface area contributed by atoms with Crippen molar-refractivity contribution in [2.75, 3.05) is 32.7 Å². The maximum Gasteiger partial charge on any atom is 0.244 e. The van der Waals surface area contributed by atoms with Gasteiger partial charge in [0.05, 0.1) is 11.6 Å². The number of anilines is 1. The van der Waals surface area contributed by atoms with E-state index in [1.165, 1.54) is 30.7 Å². The average molecular weight is 295 g/mol. The zero-order valence-electron chi connectivity index (χ0n) is 10.1. The van der Waals surface area contributed by atoms with Crippen LogP contribution in [-0.4, -0.2) is 45.0 Å². The van der Waals surface area contributed by atoms with Crippen LogP contribution in [0.3, 0.4) is 0 Å². The summed E-state index contributed by atoms with van der Waals surface area (Å²) in [6.07, 6.45) is 1.19. The quantitative estimate of drug-likeness (QED) is 0.578. The highest BCUT2D eigenvalue weighted by molar-refractivity contribution is 7.89. The summed E-state index contributed by atoms with van der Waals surface area (Å²) in [6, 6.07) is 1.29. The molecule has 3 N–H and O–H groups in total. The number of nitrogen functional groups attached to an aromatic ring is 1. The molecule has 0 saturated heterocycles. The fraction of sp³-hybridized carbons (Fsp3) is 0.444. The van der Waals surface area contributed by atoms with E-state index in [4.69, 9.17) is 22.2 Å². The van der Waals surface area contributed by atoms with Crippen LogP contribution in [0.4, 0.5) is 5.82 Å². The molecule has 1 rings (SSSR count). The lowest BCUT2D eigenvalue weighted by molar-refractivity contribution is 0.185. The molecule has 0 aromatic carbocycles. The third-order valence-electron chi connectivity index (χ3n) is 2.27. The Morgan fingerprint density at radius 3 is 2.78 bits per heavy atom. The van der Waals surface area contributed by atoms with Crippen LogP contribution in [0, 0.1) is 0 Å². The molecular formula is C9H15ClN4O3S. The van der Waals surface area contributed by atoms with Gasteiger partial charge in [0.15, 0.2) is 5.82 Å². The Morgan fingerprint density at radius 2 is 2.28 bits per heavy atom. The maximum atomic E-state index is 12.1. The lowest BCUT2D eigenvalue weighted by Crippen LogP contribution is -2.30. The first kappa shape index (κ1) is 15.1. The minimum atomic E-state index is -3.62. The molecule has 0 aliphatic heterocycles. The van der Waals surface area contributed by atoms with Crippen molar-refractivity contribution < 1.29 is 13.2 Å². The molecule has 0 atom stereocenters. The van der Waals surface area contributed by atoms with Crippen LogP contribution in [0.5, 0.6) is 0 Å². The van der Waals surface area contributed by atoms with E-state index in [0.717, 1.165) is 0 Å². The SMILES string of the molecule is COCCN(C)S(=O)(=O)c1cnc(NN)c(Cl)c1. The lowest BCUT2D eigenvalue weighted by atomic mass is 10.5. The van der Waals surface area contributed by atoms with Gasteiger partial charge in [-0.3, -0.25) is 0 Å². The zero-order valence-corrected chi connectivity index (χ0v) is 11.6. The second-order valence-corrected chi connectivity index (χ2v) is 5.92. The van der Waals surface area contributed by atoms with Crippen LogP contribution in [0.2, 0.25) is 5.02 Å². The zero-order chi connectivity index (χ0) is 13.8. The van der Waals surface area contributed by atoms with Gasteiger partial charge in [0.25, 0.3) is 0 Å². The molecule has 7 nitrogen and oxygen atoms in total. The van der Waals surface area contributed by atoms with Gasteiger partial charge >= 0.3 is 0 Å². The number of nitrogens with zero attached hydrogens (tertiary/aromatic N) is 2. The Labute approximate surface area is 111 Å². The van der Waals surface area contributed by atoms with Crippen molar-refractivity contribution in [3.05, 3.63) is 17.3 Å². The fourth-order valence-corrected chi connectivity index (χ4v) is 2.60. The average Bonchev–Trinajstić information content (AvgIpc) is 2.35. The van der Waals surface area contributed by atoms with Crippen molar-refractivity contribution >= 4 is 27.4 Å². The third kappa shape index (κ3) is 3.30. The van der Waals surface area contributed by atoms with Crippen LogP contribution in [0.25, 0.3) is 0 Å². The monoisotopic (exact) mass is 294 g/mol. The van der Waals surface area contributed by atoms with Crippen LogP contribution in [-0.2, 0) is 14.8 Å². The number of hydrogen-bond acceptors (Lipinski definition) is 6. The standard InChI is InChI=1S/C9H15ClN4O3S/c1-14(3-4-17-2)18(15,16)7-5-8(10)9(13-11)12-6-7/h5-6H,3-4,11H2,1-2H3,(H,12,13). The van der Waals surface area contributed by atoms with E-state index in [1.54, 1.807) is 0 Å². The number of hydrogen-bond donors (Lipinski definition) is 2. The second kappa shape index (κ2) is 6.30. The summed E-state index contributed by atoms with van der Waals surface area (Å²) >= 11 is 5.83. The van der Waals surface area contributed by atoms with Gasteiger partial charge in [0, 0.05) is 26.9 Å². The molecule has 0 bridgehead atoms. The number of halogens is 1. The summed E-state index contributed by atoms with van der Waals surface area (Å²) in [7, 11) is -0.665. The third-order valence-corrected chi connectivity index (χ3v) is 4.38. The van der Waals surface area contributed by atoms with Gasteiger partial charge in [-0.05, 0) is 6.07 Å². The lowest BCUT2D eigenvalue weighted by Gasteiger charge is -2.16. The Morgan fingerprint density at radius 1 is 1.61 bits per heavy atom. The number of methoxy groups -OCH3 is 1. The maximum absolute atomic E-state index is 12.1. The smallest absolute Gasteiger partial charge is 0.244 e. The van der Waals surface area contributed by atoms with Crippen LogP contribution in [0.15, 0.2) is 17.2 Å². The number of rotatable bonds is 6. The number of aromatic nitrogens is 1. The predicted molar refractivity (Wildman–Crippen MR) is 68.7 cm³/mol. The molecule has 0 fully saturated rings. The second-order valence-electron chi connectivity index (χ2n) is 3.47. The van der Waals surface area contributed by atoms with E-state index in [0.29, 0.717) is 6.61 Å². The summed E-state index contributed by atoms with van der Waals surface area (Å²) in [5.41, 5.74) is 2.27. The van der Waals surface area contributed by atoms with E-state index in [-0.39, 0.29) is 22.3 Å². The summed E-state index contributed by atoms with van der Waals surface area (Å²) in [5.74, 6) is 5.38. The largest absolute Gasteiger partial charge is 0.383 e. The highest BCUT2D eigenvalue weighted by Crippen LogP contribution is 2.23. The number of nitrogens with two attached hydrogens (primary N) is 1. The van der Waals surface area contributed by atoms with E-state index in [9.17, 15) is 8.42 Å². The Kier molecular flexibility index (Phi) is 5.29. The molecule has 1 aromatic heterocycles. The molecule has 0 aliphatic rings. The van der Waals surface area contributed by atoms with Crippen LogP contribution < -0.4 is 11.3 Å². The molecule has 18 heavy (non-hydrogen) atoms. The Hall–Kier alpha value is -0.930. The molecular weight excluding hydrogens is 280 g/mol. The van der Waals surface area contributed by atoms with Crippen molar-refractivity contribution in [2.45, 2.75) is 4.90 Å². The first-order valence-corrected chi connectivity index (χ1v) is 6.82. The molecule has 102 valence electrons. The number of pyridine rings is 1. The molecule has 9 heteroatoms. The van der Waals surface area contributed by atoms with Crippen LogP contribution >= 0.6 is 11.6 Å². The summed E-state index contributed by atoms with van der Waals surface area (Å²) < 4.78 is 30.2. The van der Waals surface area contributed by atoms with Crippen molar-refractivity contribution in [2.24, 2.45) is 5.84 Å². The number of sulfonamides is 1. The number of nitrogens with one attached hydrogen (secondary N) is 1.